The fourth-order valence-electron chi connectivity index (χ4n) is 4.68. The van der Waals surface area contributed by atoms with Gasteiger partial charge in [-0.3, -0.25) is 9.59 Å². The Labute approximate surface area is 188 Å². The van der Waals surface area contributed by atoms with Gasteiger partial charge in [0.2, 0.25) is 15.9 Å². The van der Waals surface area contributed by atoms with Crippen LogP contribution < -0.4 is 10.6 Å². The molecular formula is C22H29N3O4S2. The molecule has 2 saturated heterocycles. The Bertz CT molecular complexity index is 928. The molecule has 3 unspecified atom stereocenters. The Morgan fingerprint density at radius 1 is 1.06 bits per heavy atom. The SMILES string of the molecule is C=CC(=O)NC1CC2CN(S(=O)(=O)c3ccc(C(=O)NC4CCCCC4)cc3)CC2S1. The molecule has 9 heteroatoms. The summed E-state index contributed by atoms with van der Waals surface area (Å²) in [5.74, 6) is -0.124. The van der Waals surface area contributed by atoms with Crippen LogP contribution in [0, 0.1) is 5.92 Å². The molecule has 2 N–H and O–H groups in total. The predicted molar refractivity (Wildman–Crippen MR) is 121 cm³/mol. The van der Waals surface area contributed by atoms with Crippen molar-refractivity contribution >= 4 is 33.6 Å². The molecule has 3 atom stereocenters. The van der Waals surface area contributed by atoms with E-state index in [0.717, 1.165) is 32.1 Å². The van der Waals surface area contributed by atoms with E-state index in [4.69, 9.17) is 0 Å². The van der Waals surface area contributed by atoms with E-state index in [1.54, 1.807) is 23.9 Å². The standard InChI is InChI=1S/C22H29N3O4S2/c1-2-20(26)24-21-12-16-13-25(14-19(16)30-21)31(28,29)18-10-8-15(9-11-18)22(27)23-17-6-4-3-5-7-17/h2,8-11,16-17,19,21H,1,3-7,12-14H2,(H,23,27)(H,24,26). The summed E-state index contributed by atoms with van der Waals surface area (Å²) in [5.41, 5.74) is 0.485. The van der Waals surface area contributed by atoms with Gasteiger partial charge in [0.1, 0.15) is 0 Å². The van der Waals surface area contributed by atoms with Crippen molar-refractivity contribution in [3.05, 3.63) is 42.5 Å². The van der Waals surface area contributed by atoms with Crippen molar-refractivity contribution in [3.63, 3.8) is 0 Å². The van der Waals surface area contributed by atoms with Crippen LogP contribution in [0.15, 0.2) is 41.8 Å². The van der Waals surface area contributed by atoms with Crippen molar-refractivity contribution < 1.29 is 18.0 Å². The number of rotatable bonds is 6. The maximum atomic E-state index is 13.1. The third kappa shape index (κ3) is 4.99. The van der Waals surface area contributed by atoms with Gasteiger partial charge in [-0.1, -0.05) is 25.8 Å². The molecule has 2 amide bonds. The first kappa shape index (κ1) is 22.4. The van der Waals surface area contributed by atoms with Gasteiger partial charge < -0.3 is 10.6 Å². The molecule has 3 aliphatic rings. The van der Waals surface area contributed by atoms with Crippen molar-refractivity contribution in [2.45, 2.75) is 60.1 Å². The summed E-state index contributed by atoms with van der Waals surface area (Å²) in [6.07, 6.45) is 7.52. The number of nitrogens with zero attached hydrogens (tertiary/aromatic N) is 1. The minimum atomic E-state index is -3.61. The van der Waals surface area contributed by atoms with E-state index in [2.05, 4.69) is 17.2 Å². The highest BCUT2D eigenvalue weighted by Gasteiger charge is 2.45. The number of amides is 2. The van der Waals surface area contributed by atoms with Gasteiger partial charge in [0.05, 0.1) is 10.3 Å². The molecule has 2 heterocycles. The Morgan fingerprint density at radius 3 is 2.42 bits per heavy atom. The summed E-state index contributed by atoms with van der Waals surface area (Å²) in [6, 6.07) is 6.46. The molecule has 1 saturated carbocycles. The summed E-state index contributed by atoms with van der Waals surface area (Å²) < 4.78 is 27.7. The fraction of sp³-hybridized carbons (Fsp3) is 0.545. The zero-order valence-electron chi connectivity index (χ0n) is 17.5. The van der Waals surface area contributed by atoms with Crippen LogP contribution in [0.3, 0.4) is 0 Å². The normalized spacial score (nSPS) is 26.9. The van der Waals surface area contributed by atoms with Gasteiger partial charge in [-0.2, -0.15) is 4.31 Å². The van der Waals surface area contributed by atoms with Crippen LogP contribution >= 0.6 is 11.8 Å². The molecule has 0 aromatic heterocycles. The highest BCUT2D eigenvalue weighted by atomic mass is 32.2. The summed E-state index contributed by atoms with van der Waals surface area (Å²) in [7, 11) is -3.61. The maximum Gasteiger partial charge on any atom is 0.251 e. The molecule has 3 fully saturated rings. The van der Waals surface area contributed by atoms with E-state index < -0.39 is 10.0 Å². The molecule has 0 bridgehead atoms. The second kappa shape index (κ2) is 9.34. The van der Waals surface area contributed by atoms with Crippen molar-refractivity contribution in [2.75, 3.05) is 13.1 Å². The monoisotopic (exact) mass is 463 g/mol. The van der Waals surface area contributed by atoms with Crippen LogP contribution in [0.4, 0.5) is 0 Å². The first-order valence-corrected chi connectivity index (χ1v) is 13.2. The smallest absolute Gasteiger partial charge is 0.251 e. The van der Waals surface area contributed by atoms with Crippen molar-refractivity contribution in [2.24, 2.45) is 5.92 Å². The van der Waals surface area contributed by atoms with E-state index in [-0.39, 0.29) is 39.3 Å². The van der Waals surface area contributed by atoms with Crippen LogP contribution in [0.5, 0.6) is 0 Å². The van der Waals surface area contributed by atoms with Gasteiger partial charge in [0.15, 0.2) is 0 Å². The Balaban J connectivity index is 1.36. The molecule has 1 aromatic carbocycles. The van der Waals surface area contributed by atoms with Gasteiger partial charge >= 0.3 is 0 Å². The Morgan fingerprint density at radius 2 is 1.77 bits per heavy atom. The van der Waals surface area contributed by atoms with Gasteiger partial charge in [0.25, 0.3) is 5.91 Å². The van der Waals surface area contributed by atoms with Gasteiger partial charge in [-0.25, -0.2) is 8.42 Å². The molecule has 31 heavy (non-hydrogen) atoms. The second-order valence-electron chi connectivity index (χ2n) is 8.53. The van der Waals surface area contributed by atoms with Gasteiger partial charge in [0, 0.05) is 29.9 Å². The van der Waals surface area contributed by atoms with E-state index in [9.17, 15) is 18.0 Å². The first-order valence-electron chi connectivity index (χ1n) is 10.9. The number of fused-ring (bicyclic) bond motifs is 1. The van der Waals surface area contributed by atoms with Crippen molar-refractivity contribution in [3.8, 4) is 0 Å². The highest BCUT2D eigenvalue weighted by Crippen LogP contribution is 2.43. The number of thioether (sulfide) groups is 1. The number of benzene rings is 1. The third-order valence-electron chi connectivity index (χ3n) is 6.39. The van der Waals surface area contributed by atoms with Crippen LogP contribution in [0.2, 0.25) is 0 Å². The van der Waals surface area contributed by atoms with Crippen LogP contribution in [0.1, 0.15) is 48.9 Å². The summed E-state index contributed by atoms with van der Waals surface area (Å²) in [4.78, 5) is 24.2. The Hall–Kier alpha value is -1.84. The minimum absolute atomic E-state index is 0.00677. The maximum absolute atomic E-state index is 13.1. The predicted octanol–water partition coefficient (Wildman–Crippen LogP) is 2.50. The van der Waals surface area contributed by atoms with Crippen LogP contribution in [-0.2, 0) is 14.8 Å². The average Bonchev–Trinajstić information content (AvgIpc) is 3.33. The quantitative estimate of drug-likeness (QED) is 0.632. The van der Waals surface area contributed by atoms with Gasteiger partial charge in [-0.05, 0) is 55.5 Å². The number of sulfonamides is 1. The lowest BCUT2D eigenvalue weighted by Crippen LogP contribution is -2.36. The zero-order chi connectivity index (χ0) is 22.0. The second-order valence-corrected chi connectivity index (χ2v) is 11.9. The van der Waals surface area contributed by atoms with E-state index in [1.807, 2.05) is 0 Å². The van der Waals surface area contributed by atoms with Crippen LogP contribution in [-0.4, -0.2) is 54.3 Å². The zero-order valence-corrected chi connectivity index (χ0v) is 19.1. The molecule has 4 rings (SSSR count). The van der Waals surface area contributed by atoms with Gasteiger partial charge in [-0.15, -0.1) is 11.8 Å². The van der Waals surface area contributed by atoms with E-state index in [0.29, 0.717) is 18.7 Å². The number of carbonyl (C=O) groups is 2. The molecule has 7 nitrogen and oxygen atoms in total. The summed E-state index contributed by atoms with van der Waals surface area (Å²) >= 11 is 1.62. The average molecular weight is 464 g/mol. The third-order valence-corrected chi connectivity index (χ3v) is 9.75. The fourth-order valence-corrected chi connectivity index (χ4v) is 7.94. The molecule has 0 spiro atoms. The van der Waals surface area contributed by atoms with Crippen LogP contribution in [0.25, 0.3) is 0 Å². The number of hydrogen-bond acceptors (Lipinski definition) is 5. The molecule has 1 aliphatic carbocycles. The molecule has 1 aromatic rings. The lowest BCUT2D eigenvalue weighted by atomic mass is 9.95. The summed E-state index contributed by atoms with van der Waals surface area (Å²) in [6.45, 7) is 4.35. The van der Waals surface area contributed by atoms with E-state index >= 15 is 0 Å². The first-order chi connectivity index (χ1) is 14.9. The number of nitrogens with one attached hydrogen (secondary N) is 2. The lowest BCUT2D eigenvalue weighted by molar-refractivity contribution is -0.116. The number of carbonyl (C=O) groups excluding carboxylic acids is 2. The largest absolute Gasteiger partial charge is 0.349 e. The molecule has 168 valence electrons. The Kier molecular flexibility index (Phi) is 6.74. The van der Waals surface area contributed by atoms with Crippen molar-refractivity contribution in [1.29, 1.82) is 0 Å². The molecule has 0 radical (unpaired) electrons. The number of hydrogen-bond donors (Lipinski definition) is 2. The summed E-state index contributed by atoms with van der Waals surface area (Å²) in [5, 5.41) is 6.13. The molecule has 2 aliphatic heterocycles. The van der Waals surface area contributed by atoms with Crippen molar-refractivity contribution in [1.82, 2.24) is 14.9 Å². The highest BCUT2D eigenvalue weighted by molar-refractivity contribution is 8.00. The van der Waals surface area contributed by atoms with E-state index in [1.165, 1.54) is 28.9 Å². The topological polar surface area (TPSA) is 95.6 Å². The minimum Gasteiger partial charge on any atom is -0.349 e. The lowest BCUT2D eigenvalue weighted by Gasteiger charge is -2.23. The molecular weight excluding hydrogens is 434 g/mol.